The van der Waals surface area contributed by atoms with Crippen LogP contribution in [0, 0.1) is 0 Å². The first-order valence-corrected chi connectivity index (χ1v) is 6.01. The van der Waals surface area contributed by atoms with Crippen LogP contribution in [0.3, 0.4) is 0 Å². The second kappa shape index (κ2) is 7.01. The van der Waals surface area contributed by atoms with E-state index in [0.717, 1.165) is 4.47 Å². The summed E-state index contributed by atoms with van der Waals surface area (Å²) in [6.45, 7) is 2.78. The predicted molar refractivity (Wildman–Crippen MR) is 68.4 cm³/mol. The van der Waals surface area contributed by atoms with Crippen molar-refractivity contribution in [1.29, 1.82) is 0 Å². The molecule has 0 spiro atoms. The number of benzene rings is 1. The van der Waals surface area contributed by atoms with Crippen LogP contribution in [0.25, 0.3) is 0 Å². The molecule has 0 fully saturated rings. The van der Waals surface area contributed by atoms with E-state index in [2.05, 4.69) is 40.3 Å². The smallest absolute Gasteiger partial charge is 0.169 e. The van der Waals surface area contributed by atoms with E-state index in [-0.39, 0.29) is 12.3 Å². The molecule has 1 rings (SSSR count). The summed E-state index contributed by atoms with van der Waals surface area (Å²) in [4.78, 5) is 0. The minimum absolute atomic E-state index is 0.199. The Balaban J connectivity index is 2.49. The van der Waals surface area contributed by atoms with Gasteiger partial charge in [-0.25, -0.2) is 0 Å². The SMILES string of the molecule is COC(CN[C@@H](C)c1cccc(Br)c1)OC. The highest BCUT2D eigenvalue weighted by atomic mass is 79.9. The lowest BCUT2D eigenvalue weighted by Crippen LogP contribution is -2.31. The van der Waals surface area contributed by atoms with Crippen LogP contribution < -0.4 is 5.32 Å². The standard InChI is InChI=1S/C12H18BrNO2/c1-9(14-8-12(15-2)16-3)10-5-4-6-11(13)7-10/h4-7,9,12,14H,8H2,1-3H3/t9-/m0/s1. The molecule has 1 aromatic carbocycles. The van der Waals surface area contributed by atoms with Gasteiger partial charge in [-0.05, 0) is 24.6 Å². The Kier molecular flexibility index (Phi) is 5.98. The van der Waals surface area contributed by atoms with E-state index in [1.165, 1.54) is 5.56 Å². The molecule has 4 heteroatoms. The molecule has 0 aromatic heterocycles. The van der Waals surface area contributed by atoms with Crippen LogP contribution in [-0.4, -0.2) is 27.1 Å². The van der Waals surface area contributed by atoms with Crippen molar-refractivity contribution >= 4 is 15.9 Å². The topological polar surface area (TPSA) is 30.5 Å². The lowest BCUT2D eigenvalue weighted by atomic mass is 10.1. The van der Waals surface area contributed by atoms with Crippen LogP contribution in [0.1, 0.15) is 18.5 Å². The third kappa shape index (κ3) is 4.22. The number of rotatable bonds is 6. The fraction of sp³-hybridized carbons (Fsp3) is 0.500. The van der Waals surface area contributed by atoms with E-state index in [1.807, 2.05) is 12.1 Å². The maximum atomic E-state index is 5.12. The van der Waals surface area contributed by atoms with E-state index in [0.29, 0.717) is 6.54 Å². The summed E-state index contributed by atoms with van der Waals surface area (Å²) in [5, 5.41) is 3.36. The molecule has 0 heterocycles. The van der Waals surface area contributed by atoms with Crippen molar-refractivity contribution in [2.75, 3.05) is 20.8 Å². The van der Waals surface area contributed by atoms with Gasteiger partial charge < -0.3 is 14.8 Å². The summed E-state index contributed by atoms with van der Waals surface area (Å²) in [6.07, 6.45) is -0.199. The maximum Gasteiger partial charge on any atom is 0.169 e. The third-order valence-electron chi connectivity index (χ3n) is 2.47. The number of methoxy groups -OCH3 is 2. The highest BCUT2D eigenvalue weighted by molar-refractivity contribution is 9.10. The summed E-state index contributed by atoms with van der Waals surface area (Å²) in [5.41, 5.74) is 1.24. The van der Waals surface area contributed by atoms with Crippen molar-refractivity contribution in [1.82, 2.24) is 5.32 Å². The van der Waals surface area contributed by atoms with Gasteiger partial charge in [0.25, 0.3) is 0 Å². The van der Waals surface area contributed by atoms with E-state index < -0.39 is 0 Å². The zero-order valence-electron chi connectivity index (χ0n) is 9.87. The van der Waals surface area contributed by atoms with Crippen molar-refractivity contribution in [3.8, 4) is 0 Å². The van der Waals surface area contributed by atoms with E-state index in [4.69, 9.17) is 9.47 Å². The molecule has 90 valence electrons. The zero-order valence-corrected chi connectivity index (χ0v) is 11.5. The predicted octanol–water partition coefficient (Wildman–Crippen LogP) is 2.72. The Morgan fingerprint density at radius 2 is 2.00 bits per heavy atom. The number of halogens is 1. The Morgan fingerprint density at radius 1 is 1.31 bits per heavy atom. The van der Waals surface area contributed by atoms with Gasteiger partial charge in [0, 0.05) is 31.3 Å². The van der Waals surface area contributed by atoms with Crippen LogP contribution >= 0.6 is 15.9 Å². The summed E-state index contributed by atoms with van der Waals surface area (Å²) >= 11 is 3.46. The van der Waals surface area contributed by atoms with E-state index >= 15 is 0 Å². The second-order valence-corrected chi connectivity index (χ2v) is 4.50. The lowest BCUT2D eigenvalue weighted by molar-refractivity contribution is -0.0997. The quantitative estimate of drug-likeness (QED) is 0.816. The molecular weight excluding hydrogens is 270 g/mol. The Bertz CT molecular complexity index is 316. The summed E-state index contributed by atoms with van der Waals surface area (Å²) < 4.78 is 11.3. The first-order valence-electron chi connectivity index (χ1n) is 5.21. The first-order chi connectivity index (χ1) is 7.67. The molecule has 1 atom stereocenters. The third-order valence-corrected chi connectivity index (χ3v) is 2.96. The zero-order chi connectivity index (χ0) is 12.0. The van der Waals surface area contributed by atoms with Crippen molar-refractivity contribution in [2.24, 2.45) is 0 Å². The van der Waals surface area contributed by atoms with E-state index in [9.17, 15) is 0 Å². The normalized spacial score (nSPS) is 13.1. The largest absolute Gasteiger partial charge is 0.355 e. The highest BCUT2D eigenvalue weighted by Crippen LogP contribution is 2.17. The molecule has 0 saturated heterocycles. The van der Waals surface area contributed by atoms with Gasteiger partial charge in [-0.1, -0.05) is 28.1 Å². The first kappa shape index (κ1) is 13.6. The molecule has 1 aromatic rings. The summed E-state index contributed by atoms with van der Waals surface area (Å²) in [7, 11) is 3.28. The molecule has 0 aliphatic heterocycles. The van der Waals surface area contributed by atoms with Crippen LogP contribution in [-0.2, 0) is 9.47 Å². The minimum Gasteiger partial charge on any atom is -0.355 e. The van der Waals surface area contributed by atoms with Crippen LogP contribution in [0.5, 0.6) is 0 Å². The van der Waals surface area contributed by atoms with Crippen molar-refractivity contribution < 1.29 is 9.47 Å². The Hall–Kier alpha value is -0.420. The van der Waals surface area contributed by atoms with Gasteiger partial charge in [-0.3, -0.25) is 0 Å². The van der Waals surface area contributed by atoms with Crippen molar-refractivity contribution in [3.63, 3.8) is 0 Å². The van der Waals surface area contributed by atoms with Gasteiger partial charge in [0.1, 0.15) is 0 Å². The fourth-order valence-electron chi connectivity index (χ4n) is 1.43. The van der Waals surface area contributed by atoms with E-state index in [1.54, 1.807) is 14.2 Å². The van der Waals surface area contributed by atoms with Crippen molar-refractivity contribution in [3.05, 3.63) is 34.3 Å². The highest BCUT2D eigenvalue weighted by Gasteiger charge is 2.09. The van der Waals surface area contributed by atoms with Gasteiger partial charge in [0.2, 0.25) is 0 Å². The van der Waals surface area contributed by atoms with Gasteiger partial charge in [-0.2, -0.15) is 0 Å². The number of hydrogen-bond donors (Lipinski definition) is 1. The van der Waals surface area contributed by atoms with Crippen LogP contribution in [0.4, 0.5) is 0 Å². The average Bonchev–Trinajstić information content (AvgIpc) is 2.30. The molecule has 0 saturated carbocycles. The fourth-order valence-corrected chi connectivity index (χ4v) is 1.85. The van der Waals surface area contributed by atoms with Gasteiger partial charge >= 0.3 is 0 Å². The van der Waals surface area contributed by atoms with Gasteiger partial charge in [0.15, 0.2) is 6.29 Å². The molecule has 1 N–H and O–H groups in total. The molecule has 16 heavy (non-hydrogen) atoms. The average molecular weight is 288 g/mol. The summed E-state index contributed by atoms with van der Waals surface area (Å²) in [5.74, 6) is 0. The number of nitrogens with one attached hydrogen (secondary N) is 1. The minimum atomic E-state index is -0.199. The molecular formula is C12H18BrNO2. The number of ether oxygens (including phenoxy) is 2. The Labute approximate surface area is 105 Å². The van der Waals surface area contributed by atoms with Gasteiger partial charge in [0.05, 0.1) is 0 Å². The molecule has 0 aliphatic rings. The molecule has 0 bridgehead atoms. The van der Waals surface area contributed by atoms with Crippen molar-refractivity contribution in [2.45, 2.75) is 19.3 Å². The molecule has 0 amide bonds. The van der Waals surface area contributed by atoms with Crippen LogP contribution in [0.2, 0.25) is 0 Å². The summed E-state index contributed by atoms with van der Waals surface area (Å²) in [6, 6.07) is 8.51. The number of hydrogen-bond acceptors (Lipinski definition) is 3. The second-order valence-electron chi connectivity index (χ2n) is 3.59. The molecule has 0 unspecified atom stereocenters. The molecule has 0 aliphatic carbocycles. The molecule has 0 radical (unpaired) electrons. The Morgan fingerprint density at radius 3 is 2.56 bits per heavy atom. The maximum absolute atomic E-state index is 5.12. The monoisotopic (exact) mass is 287 g/mol. The molecule has 3 nitrogen and oxygen atoms in total. The van der Waals surface area contributed by atoms with Crippen LogP contribution in [0.15, 0.2) is 28.7 Å². The lowest BCUT2D eigenvalue weighted by Gasteiger charge is -2.19. The van der Waals surface area contributed by atoms with Gasteiger partial charge in [-0.15, -0.1) is 0 Å².